The minimum absolute atomic E-state index is 0.419. The summed E-state index contributed by atoms with van der Waals surface area (Å²) in [4.78, 5) is 11.3. The van der Waals surface area contributed by atoms with Gasteiger partial charge < -0.3 is 15.5 Å². The monoisotopic (exact) mass is 412 g/mol. The van der Waals surface area contributed by atoms with Crippen molar-refractivity contribution in [3.05, 3.63) is 83.1 Å². The van der Waals surface area contributed by atoms with Crippen molar-refractivity contribution in [1.29, 1.82) is 5.26 Å². The van der Waals surface area contributed by atoms with Crippen LogP contribution >= 0.6 is 0 Å². The highest BCUT2D eigenvalue weighted by molar-refractivity contribution is 5.81. The fraction of sp³-hybridized carbons (Fsp3) is 0.320. The summed E-state index contributed by atoms with van der Waals surface area (Å²) >= 11 is 0. The van der Waals surface area contributed by atoms with Crippen LogP contribution in [0.1, 0.15) is 42.5 Å². The molecule has 158 valence electrons. The Morgan fingerprint density at radius 1 is 1.26 bits per heavy atom. The molecule has 1 aromatic carbocycles. The maximum atomic E-state index is 10.00. The number of nitriles is 1. The highest BCUT2D eigenvalue weighted by Crippen LogP contribution is 2.25. The van der Waals surface area contributed by atoms with Crippen molar-refractivity contribution in [3.8, 4) is 6.07 Å². The van der Waals surface area contributed by atoms with Crippen LogP contribution in [0.2, 0.25) is 0 Å². The highest BCUT2D eigenvalue weighted by Gasteiger charge is 2.19. The molecule has 2 aromatic rings. The number of aromatic nitrogens is 2. The van der Waals surface area contributed by atoms with E-state index in [-0.39, 0.29) is 0 Å². The Morgan fingerprint density at radius 3 is 2.77 bits per heavy atom. The van der Waals surface area contributed by atoms with E-state index < -0.39 is 0 Å². The number of dihydropyridines is 1. The molecule has 31 heavy (non-hydrogen) atoms. The van der Waals surface area contributed by atoms with E-state index >= 15 is 0 Å². The minimum atomic E-state index is 0.419. The van der Waals surface area contributed by atoms with Gasteiger partial charge in [0, 0.05) is 25.8 Å². The predicted octanol–water partition coefficient (Wildman–Crippen LogP) is 4.51. The van der Waals surface area contributed by atoms with Gasteiger partial charge in [0.1, 0.15) is 17.5 Å². The molecule has 0 saturated heterocycles. The number of hydrogen-bond donors (Lipinski definition) is 2. The van der Waals surface area contributed by atoms with Crippen LogP contribution in [0.4, 0.5) is 5.95 Å². The van der Waals surface area contributed by atoms with Gasteiger partial charge in [0.05, 0.1) is 11.4 Å². The first-order valence-electron chi connectivity index (χ1n) is 10.8. The summed E-state index contributed by atoms with van der Waals surface area (Å²) in [6.07, 6.45) is 12.5. The molecule has 0 radical (unpaired) electrons. The van der Waals surface area contributed by atoms with Gasteiger partial charge in [0.15, 0.2) is 0 Å². The van der Waals surface area contributed by atoms with E-state index in [0.717, 1.165) is 36.5 Å². The third kappa shape index (κ3) is 4.95. The average Bonchev–Trinajstić information content (AvgIpc) is 3.30. The average molecular weight is 413 g/mol. The van der Waals surface area contributed by atoms with Crippen LogP contribution in [0.3, 0.4) is 0 Å². The number of anilines is 1. The van der Waals surface area contributed by atoms with Crippen molar-refractivity contribution >= 4 is 11.5 Å². The lowest BCUT2D eigenvalue weighted by molar-refractivity contribution is 0.387. The third-order valence-electron chi connectivity index (χ3n) is 5.73. The van der Waals surface area contributed by atoms with E-state index in [4.69, 9.17) is 4.98 Å². The summed E-state index contributed by atoms with van der Waals surface area (Å²) in [5.74, 6) is 1.53. The van der Waals surface area contributed by atoms with Crippen molar-refractivity contribution < 1.29 is 0 Å². The van der Waals surface area contributed by atoms with E-state index in [9.17, 15) is 5.26 Å². The van der Waals surface area contributed by atoms with Gasteiger partial charge in [-0.15, -0.1) is 0 Å². The molecule has 1 aromatic heterocycles. The number of benzene rings is 1. The van der Waals surface area contributed by atoms with Gasteiger partial charge in [-0.2, -0.15) is 5.26 Å². The van der Waals surface area contributed by atoms with Gasteiger partial charge in [0.25, 0.3) is 0 Å². The minimum Gasteiger partial charge on any atom is -0.357 e. The molecule has 1 fully saturated rings. The summed E-state index contributed by atoms with van der Waals surface area (Å²) in [6.45, 7) is 2.71. The molecule has 1 saturated carbocycles. The molecule has 2 heterocycles. The smallest absolute Gasteiger partial charge is 0.223 e. The lowest BCUT2D eigenvalue weighted by Gasteiger charge is -2.26. The maximum Gasteiger partial charge on any atom is 0.223 e. The molecule has 1 aliphatic carbocycles. The number of hydrogen-bond acceptors (Lipinski definition) is 6. The predicted molar refractivity (Wildman–Crippen MR) is 123 cm³/mol. The second kappa shape index (κ2) is 9.48. The summed E-state index contributed by atoms with van der Waals surface area (Å²) in [5, 5.41) is 16.8. The Bertz CT molecular complexity index is 1060. The fourth-order valence-corrected chi connectivity index (χ4v) is 4.03. The molecule has 0 unspecified atom stereocenters. The van der Waals surface area contributed by atoms with Crippen LogP contribution in [0.25, 0.3) is 5.57 Å². The summed E-state index contributed by atoms with van der Waals surface area (Å²) in [6, 6.07) is 13.1. The Labute approximate surface area is 184 Å². The van der Waals surface area contributed by atoms with Crippen LogP contribution in [0.5, 0.6) is 0 Å². The maximum absolute atomic E-state index is 10.00. The molecule has 2 N–H and O–H groups in total. The molecule has 0 amide bonds. The first-order valence-corrected chi connectivity index (χ1v) is 10.8. The van der Waals surface area contributed by atoms with E-state index in [1.165, 1.54) is 18.4 Å². The normalized spacial score (nSPS) is 17.5. The Morgan fingerprint density at radius 2 is 2.03 bits per heavy atom. The van der Waals surface area contributed by atoms with Gasteiger partial charge >= 0.3 is 0 Å². The largest absolute Gasteiger partial charge is 0.357 e. The summed E-state index contributed by atoms with van der Waals surface area (Å²) in [5.41, 5.74) is 4.03. The van der Waals surface area contributed by atoms with Gasteiger partial charge in [-0.1, -0.05) is 49.2 Å². The summed E-state index contributed by atoms with van der Waals surface area (Å²) in [7, 11) is 2.04. The number of rotatable bonds is 6. The van der Waals surface area contributed by atoms with Crippen LogP contribution in [0, 0.1) is 18.3 Å². The van der Waals surface area contributed by atoms with E-state index in [0.29, 0.717) is 23.3 Å². The van der Waals surface area contributed by atoms with Crippen LogP contribution in [-0.2, 0) is 6.54 Å². The topological polar surface area (TPSA) is 76.9 Å². The Balaban J connectivity index is 1.56. The molecule has 6 heteroatoms. The molecule has 0 spiro atoms. The second-order valence-electron chi connectivity index (χ2n) is 8.13. The zero-order valence-electron chi connectivity index (χ0n) is 18.1. The highest BCUT2D eigenvalue weighted by atomic mass is 15.2. The number of aryl methyl sites for hydroxylation is 1. The first-order chi connectivity index (χ1) is 15.1. The first kappa shape index (κ1) is 20.7. The van der Waals surface area contributed by atoms with Crippen LogP contribution < -0.4 is 10.6 Å². The molecule has 0 atom stereocenters. The van der Waals surface area contributed by atoms with Crippen molar-refractivity contribution in [2.24, 2.45) is 0 Å². The fourth-order valence-electron chi connectivity index (χ4n) is 4.03. The zero-order valence-corrected chi connectivity index (χ0v) is 18.1. The van der Waals surface area contributed by atoms with E-state index in [1.807, 2.05) is 50.4 Å². The van der Waals surface area contributed by atoms with E-state index in [1.54, 1.807) is 6.20 Å². The molecule has 4 rings (SSSR count). The Kier molecular flexibility index (Phi) is 6.32. The lowest BCUT2D eigenvalue weighted by Crippen LogP contribution is -2.29. The SMILES string of the molecule is Cc1cnc(NC2CCCC2)nc1C(C#N)=C1C=CC=C(N(C)Cc2ccccc2)N1. The van der Waals surface area contributed by atoms with Gasteiger partial charge in [-0.3, -0.25) is 0 Å². The molecular formula is C25H28N6. The molecule has 1 aliphatic heterocycles. The number of nitrogens with zero attached hydrogens (tertiary/aromatic N) is 4. The van der Waals surface area contributed by atoms with Gasteiger partial charge in [-0.25, -0.2) is 9.97 Å². The van der Waals surface area contributed by atoms with Gasteiger partial charge in [0.2, 0.25) is 5.95 Å². The van der Waals surface area contributed by atoms with Crippen molar-refractivity contribution in [2.45, 2.75) is 45.2 Å². The molecule has 6 nitrogen and oxygen atoms in total. The molecule has 2 aliphatic rings. The van der Waals surface area contributed by atoms with Gasteiger partial charge in [-0.05, 0) is 43.0 Å². The number of allylic oxidation sites excluding steroid dienone is 4. The van der Waals surface area contributed by atoms with Crippen molar-refractivity contribution in [2.75, 3.05) is 12.4 Å². The quantitative estimate of drug-likeness (QED) is 0.680. The zero-order chi connectivity index (χ0) is 21.6. The lowest BCUT2D eigenvalue weighted by atomic mass is 10.1. The third-order valence-corrected chi connectivity index (χ3v) is 5.73. The van der Waals surface area contributed by atoms with Crippen molar-refractivity contribution in [1.82, 2.24) is 20.2 Å². The Hall–Kier alpha value is -3.59. The molecule has 0 bridgehead atoms. The van der Waals surface area contributed by atoms with Crippen molar-refractivity contribution in [3.63, 3.8) is 0 Å². The van der Waals surface area contributed by atoms with Crippen LogP contribution in [-0.4, -0.2) is 28.0 Å². The van der Waals surface area contributed by atoms with Crippen LogP contribution in [0.15, 0.2) is 66.3 Å². The number of nitrogens with one attached hydrogen (secondary N) is 2. The second-order valence-corrected chi connectivity index (χ2v) is 8.13. The standard InChI is InChI=1S/C25H28N6/c1-18-16-27-25(28-20-11-6-7-12-20)30-24(18)21(15-26)22-13-8-14-23(29-22)31(2)17-19-9-4-3-5-10-19/h3-5,8-10,13-14,16,20,29H,6-7,11-12,17H2,1-2H3,(H,27,28,30). The summed E-state index contributed by atoms with van der Waals surface area (Å²) < 4.78 is 0. The van der Waals surface area contributed by atoms with E-state index in [2.05, 4.69) is 38.7 Å². The molecular weight excluding hydrogens is 384 g/mol.